The van der Waals surface area contributed by atoms with Gasteiger partial charge < -0.3 is 15.5 Å². The summed E-state index contributed by atoms with van der Waals surface area (Å²) in [7, 11) is 0. The van der Waals surface area contributed by atoms with E-state index >= 15 is 0 Å². The molecule has 0 bridgehead atoms. The second kappa shape index (κ2) is 6.43. The topological polar surface area (TPSA) is 52.5 Å². The molecule has 0 aliphatic rings. The van der Waals surface area contributed by atoms with Crippen molar-refractivity contribution in [3.05, 3.63) is 29.8 Å². The molecule has 3 nitrogen and oxygen atoms in total. The minimum atomic E-state index is -0.207. The lowest BCUT2D eigenvalue weighted by Gasteiger charge is -2.08. The van der Waals surface area contributed by atoms with Crippen molar-refractivity contribution in [2.75, 3.05) is 6.54 Å². The summed E-state index contributed by atoms with van der Waals surface area (Å²) in [5, 5.41) is 21.8. The van der Waals surface area contributed by atoms with Crippen LogP contribution in [0.1, 0.15) is 25.3 Å². The first kappa shape index (κ1) is 12.0. The third-order valence-electron chi connectivity index (χ3n) is 2.37. The van der Waals surface area contributed by atoms with Crippen LogP contribution in [0.3, 0.4) is 0 Å². The minimum absolute atomic E-state index is 0.207. The molecule has 0 spiro atoms. The van der Waals surface area contributed by atoms with Gasteiger partial charge in [0.2, 0.25) is 0 Å². The molecule has 1 aromatic carbocycles. The van der Waals surface area contributed by atoms with Crippen molar-refractivity contribution >= 4 is 0 Å². The van der Waals surface area contributed by atoms with Crippen molar-refractivity contribution in [1.82, 2.24) is 5.32 Å². The number of nitrogens with one attached hydrogen (secondary N) is 1. The summed E-state index contributed by atoms with van der Waals surface area (Å²) in [6, 6.07) is 7.18. The Bertz CT molecular complexity index is 289. The predicted molar refractivity (Wildman–Crippen MR) is 60.7 cm³/mol. The summed E-state index contributed by atoms with van der Waals surface area (Å²) in [6.45, 7) is 3.50. The third kappa shape index (κ3) is 4.81. The van der Waals surface area contributed by atoms with E-state index in [1.54, 1.807) is 12.1 Å². The normalized spacial score (nSPS) is 12.7. The summed E-state index contributed by atoms with van der Waals surface area (Å²) >= 11 is 0. The largest absolute Gasteiger partial charge is 0.508 e. The molecule has 1 rings (SSSR count). The zero-order chi connectivity index (χ0) is 11.1. The van der Waals surface area contributed by atoms with E-state index in [1.165, 1.54) is 0 Å². The zero-order valence-corrected chi connectivity index (χ0v) is 9.11. The van der Waals surface area contributed by atoms with Crippen molar-refractivity contribution in [2.24, 2.45) is 0 Å². The Balaban J connectivity index is 2.20. The Morgan fingerprint density at radius 1 is 1.40 bits per heavy atom. The molecule has 0 radical (unpaired) electrons. The number of phenols is 1. The quantitative estimate of drug-likeness (QED) is 0.624. The number of aromatic hydroxyl groups is 1. The van der Waals surface area contributed by atoms with E-state index in [1.807, 2.05) is 19.1 Å². The van der Waals surface area contributed by atoms with Crippen LogP contribution < -0.4 is 5.32 Å². The van der Waals surface area contributed by atoms with E-state index in [4.69, 9.17) is 0 Å². The summed E-state index contributed by atoms with van der Waals surface area (Å²) in [4.78, 5) is 0. The van der Waals surface area contributed by atoms with Crippen LogP contribution in [0.2, 0.25) is 0 Å². The fraction of sp³-hybridized carbons (Fsp3) is 0.500. The van der Waals surface area contributed by atoms with Gasteiger partial charge >= 0.3 is 0 Å². The van der Waals surface area contributed by atoms with Crippen molar-refractivity contribution in [3.63, 3.8) is 0 Å². The molecule has 0 saturated carbocycles. The Labute approximate surface area is 90.8 Å². The van der Waals surface area contributed by atoms with Crippen molar-refractivity contribution in [3.8, 4) is 5.75 Å². The first-order chi connectivity index (χ1) is 7.22. The highest BCUT2D eigenvalue weighted by atomic mass is 16.3. The highest BCUT2D eigenvalue weighted by molar-refractivity contribution is 5.26. The molecule has 1 aromatic rings. The Kier molecular flexibility index (Phi) is 5.15. The third-order valence-corrected chi connectivity index (χ3v) is 2.37. The summed E-state index contributed by atoms with van der Waals surface area (Å²) in [5.41, 5.74) is 1.06. The molecule has 3 heteroatoms. The Morgan fingerprint density at radius 2 is 2.20 bits per heavy atom. The first-order valence-corrected chi connectivity index (χ1v) is 5.39. The summed E-state index contributed by atoms with van der Waals surface area (Å²) in [5.74, 6) is 0.294. The maximum Gasteiger partial charge on any atom is 0.115 e. The molecule has 1 unspecified atom stereocenters. The fourth-order valence-corrected chi connectivity index (χ4v) is 1.37. The first-order valence-electron chi connectivity index (χ1n) is 5.39. The van der Waals surface area contributed by atoms with Crippen LogP contribution >= 0.6 is 0 Å². The Morgan fingerprint density at radius 3 is 2.87 bits per heavy atom. The molecule has 0 amide bonds. The molecule has 84 valence electrons. The van der Waals surface area contributed by atoms with E-state index in [2.05, 4.69) is 5.32 Å². The molecule has 0 saturated heterocycles. The smallest absolute Gasteiger partial charge is 0.115 e. The second-order valence-corrected chi connectivity index (χ2v) is 3.70. The van der Waals surface area contributed by atoms with Crippen LogP contribution in [0.5, 0.6) is 5.75 Å². The lowest BCUT2D eigenvalue weighted by atomic mass is 10.2. The van der Waals surface area contributed by atoms with Gasteiger partial charge in [0, 0.05) is 6.54 Å². The number of rotatable bonds is 6. The maximum atomic E-state index is 9.32. The van der Waals surface area contributed by atoms with Crippen LogP contribution in [0.4, 0.5) is 0 Å². The average Bonchev–Trinajstić information content (AvgIpc) is 2.24. The van der Waals surface area contributed by atoms with E-state index in [0.717, 1.165) is 31.5 Å². The molecule has 15 heavy (non-hydrogen) atoms. The molecular formula is C12H19NO2. The van der Waals surface area contributed by atoms with Crippen LogP contribution in [-0.2, 0) is 6.54 Å². The number of phenolic OH excluding ortho intramolecular Hbond substituents is 1. The standard InChI is InChI=1S/C12H19NO2/c1-2-11(14)6-7-13-9-10-4-3-5-12(15)8-10/h3-5,8,11,13-15H,2,6-7,9H2,1H3. The zero-order valence-electron chi connectivity index (χ0n) is 9.11. The fourth-order valence-electron chi connectivity index (χ4n) is 1.37. The highest BCUT2D eigenvalue weighted by Crippen LogP contribution is 2.10. The number of benzene rings is 1. The van der Waals surface area contributed by atoms with Gasteiger partial charge in [-0.1, -0.05) is 19.1 Å². The lowest BCUT2D eigenvalue weighted by molar-refractivity contribution is 0.159. The molecule has 0 aliphatic heterocycles. The predicted octanol–water partition coefficient (Wildman–Crippen LogP) is 1.64. The van der Waals surface area contributed by atoms with Gasteiger partial charge in [-0.05, 0) is 37.1 Å². The van der Waals surface area contributed by atoms with Crippen molar-refractivity contribution in [2.45, 2.75) is 32.4 Å². The number of hydrogen-bond acceptors (Lipinski definition) is 3. The molecule has 0 aliphatic carbocycles. The van der Waals surface area contributed by atoms with Gasteiger partial charge in [-0.2, -0.15) is 0 Å². The van der Waals surface area contributed by atoms with Gasteiger partial charge in [0.1, 0.15) is 5.75 Å². The average molecular weight is 209 g/mol. The molecule has 0 heterocycles. The molecule has 3 N–H and O–H groups in total. The number of hydrogen-bond donors (Lipinski definition) is 3. The highest BCUT2D eigenvalue weighted by Gasteiger charge is 1.99. The van der Waals surface area contributed by atoms with Crippen LogP contribution in [0.25, 0.3) is 0 Å². The van der Waals surface area contributed by atoms with Gasteiger partial charge in [-0.3, -0.25) is 0 Å². The van der Waals surface area contributed by atoms with Crippen molar-refractivity contribution < 1.29 is 10.2 Å². The molecule has 0 fully saturated rings. The second-order valence-electron chi connectivity index (χ2n) is 3.70. The molecular weight excluding hydrogens is 190 g/mol. The van der Waals surface area contributed by atoms with Gasteiger partial charge in [-0.15, -0.1) is 0 Å². The SMILES string of the molecule is CCC(O)CCNCc1cccc(O)c1. The summed E-state index contributed by atoms with van der Waals surface area (Å²) < 4.78 is 0. The number of aliphatic hydroxyl groups excluding tert-OH is 1. The van der Waals surface area contributed by atoms with E-state index in [-0.39, 0.29) is 6.10 Å². The monoisotopic (exact) mass is 209 g/mol. The maximum absolute atomic E-state index is 9.32. The van der Waals surface area contributed by atoms with E-state index in [0.29, 0.717) is 5.75 Å². The van der Waals surface area contributed by atoms with Crippen LogP contribution in [0.15, 0.2) is 24.3 Å². The van der Waals surface area contributed by atoms with Gasteiger partial charge in [0.15, 0.2) is 0 Å². The van der Waals surface area contributed by atoms with Crippen LogP contribution in [0, 0.1) is 0 Å². The lowest BCUT2D eigenvalue weighted by Crippen LogP contribution is -2.19. The number of aliphatic hydroxyl groups is 1. The van der Waals surface area contributed by atoms with Gasteiger partial charge in [0.05, 0.1) is 6.10 Å². The summed E-state index contributed by atoms with van der Waals surface area (Å²) in [6.07, 6.45) is 1.37. The molecule has 1 atom stereocenters. The minimum Gasteiger partial charge on any atom is -0.508 e. The van der Waals surface area contributed by atoms with Crippen molar-refractivity contribution in [1.29, 1.82) is 0 Å². The van der Waals surface area contributed by atoms with E-state index < -0.39 is 0 Å². The van der Waals surface area contributed by atoms with Gasteiger partial charge in [-0.25, -0.2) is 0 Å². The molecule has 0 aromatic heterocycles. The van der Waals surface area contributed by atoms with Crippen LogP contribution in [-0.4, -0.2) is 22.9 Å². The van der Waals surface area contributed by atoms with Gasteiger partial charge in [0.25, 0.3) is 0 Å². The van der Waals surface area contributed by atoms with E-state index in [9.17, 15) is 10.2 Å². The Hall–Kier alpha value is -1.06.